The molecule has 4 nitrogen and oxygen atoms in total. The number of rotatable bonds is 3. The molecule has 0 radical (unpaired) electrons. The van der Waals surface area contributed by atoms with Crippen LogP contribution in [0.2, 0.25) is 5.02 Å². The van der Waals surface area contributed by atoms with E-state index in [9.17, 15) is 14.3 Å². The van der Waals surface area contributed by atoms with E-state index in [0.717, 1.165) is 6.07 Å². The summed E-state index contributed by atoms with van der Waals surface area (Å²) in [5.74, 6) is -1.45. The van der Waals surface area contributed by atoms with Gasteiger partial charge in [-0.15, -0.1) is 0 Å². The smallest absolute Gasteiger partial charge is 0.228 e. The predicted octanol–water partition coefficient (Wildman–Crippen LogP) is 3.07. The molecule has 6 heteroatoms. The third-order valence-corrected chi connectivity index (χ3v) is 2.90. The fourth-order valence-electron chi connectivity index (χ4n) is 1.64. The second-order valence-electron chi connectivity index (χ2n) is 4.18. The van der Waals surface area contributed by atoms with Gasteiger partial charge in [0, 0.05) is 5.69 Å². The molecule has 3 N–H and O–H groups in total. The number of nitrogens with one attached hydrogen (secondary N) is 1. The number of phenols is 2. The van der Waals surface area contributed by atoms with E-state index in [1.54, 1.807) is 0 Å². The average molecular weight is 296 g/mol. The SMILES string of the molecule is O=C(Cc1ccc(O)c(O)c1)Nc1ccc(F)c(Cl)c1. The Bertz CT molecular complexity index is 605. The van der Waals surface area contributed by atoms with E-state index in [-0.39, 0.29) is 28.8 Å². The van der Waals surface area contributed by atoms with Crippen LogP contribution in [0.4, 0.5) is 10.1 Å². The van der Waals surface area contributed by atoms with E-state index >= 15 is 0 Å². The van der Waals surface area contributed by atoms with Gasteiger partial charge in [-0.05, 0) is 35.9 Å². The first kappa shape index (κ1) is 14.1. The summed E-state index contributed by atoms with van der Waals surface area (Å²) in [5.41, 5.74) is 0.912. The summed E-state index contributed by atoms with van der Waals surface area (Å²) in [6.07, 6.45) is 0.00281. The minimum Gasteiger partial charge on any atom is -0.504 e. The van der Waals surface area contributed by atoms with Crippen LogP contribution in [0.1, 0.15) is 5.56 Å². The van der Waals surface area contributed by atoms with Crippen LogP contribution < -0.4 is 5.32 Å². The molecule has 0 bridgehead atoms. The van der Waals surface area contributed by atoms with Crippen molar-refractivity contribution in [2.45, 2.75) is 6.42 Å². The number of phenolic OH excluding ortho intramolecular Hbond substituents is 2. The van der Waals surface area contributed by atoms with Gasteiger partial charge in [-0.1, -0.05) is 17.7 Å². The highest BCUT2D eigenvalue weighted by atomic mass is 35.5. The highest BCUT2D eigenvalue weighted by molar-refractivity contribution is 6.31. The molecule has 0 fully saturated rings. The number of halogens is 2. The first-order valence-electron chi connectivity index (χ1n) is 5.71. The third-order valence-electron chi connectivity index (χ3n) is 2.61. The maximum absolute atomic E-state index is 13.0. The monoisotopic (exact) mass is 295 g/mol. The van der Waals surface area contributed by atoms with Crippen LogP contribution in [0.3, 0.4) is 0 Å². The van der Waals surface area contributed by atoms with E-state index in [2.05, 4.69) is 5.32 Å². The maximum Gasteiger partial charge on any atom is 0.228 e. The van der Waals surface area contributed by atoms with Gasteiger partial charge >= 0.3 is 0 Å². The summed E-state index contributed by atoms with van der Waals surface area (Å²) in [7, 11) is 0. The average Bonchev–Trinajstić information content (AvgIpc) is 2.38. The van der Waals surface area contributed by atoms with Gasteiger partial charge in [0.1, 0.15) is 5.82 Å². The lowest BCUT2D eigenvalue weighted by Crippen LogP contribution is -2.14. The van der Waals surface area contributed by atoms with Crippen LogP contribution in [0.5, 0.6) is 11.5 Å². The van der Waals surface area contributed by atoms with Crippen LogP contribution in [-0.2, 0) is 11.2 Å². The van der Waals surface area contributed by atoms with Crippen molar-refractivity contribution in [3.63, 3.8) is 0 Å². The Morgan fingerprint density at radius 1 is 1.15 bits per heavy atom. The molecule has 104 valence electrons. The zero-order chi connectivity index (χ0) is 14.7. The molecule has 0 spiro atoms. The Morgan fingerprint density at radius 3 is 2.55 bits per heavy atom. The molecule has 0 atom stereocenters. The molecule has 0 aliphatic rings. The van der Waals surface area contributed by atoms with Crippen molar-refractivity contribution in [1.29, 1.82) is 0 Å². The molecule has 0 unspecified atom stereocenters. The van der Waals surface area contributed by atoms with Crippen molar-refractivity contribution in [1.82, 2.24) is 0 Å². The number of carbonyl (C=O) groups is 1. The van der Waals surface area contributed by atoms with Crippen molar-refractivity contribution in [3.05, 3.63) is 52.8 Å². The zero-order valence-electron chi connectivity index (χ0n) is 10.2. The first-order valence-corrected chi connectivity index (χ1v) is 6.09. The Balaban J connectivity index is 2.04. The molecule has 2 aromatic rings. The molecular weight excluding hydrogens is 285 g/mol. The Morgan fingerprint density at radius 2 is 1.90 bits per heavy atom. The van der Waals surface area contributed by atoms with Crippen LogP contribution >= 0.6 is 11.6 Å². The number of benzene rings is 2. The van der Waals surface area contributed by atoms with Gasteiger partial charge in [-0.3, -0.25) is 4.79 Å². The number of anilines is 1. The summed E-state index contributed by atoms with van der Waals surface area (Å²) in [4.78, 5) is 11.8. The van der Waals surface area contributed by atoms with Crippen molar-refractivity contribution in [2.75, 3.05) is 5.32 Å². The topological polar surface area (TPSA) is 69.6 Å². The number of carbonyl (C=O) groups excluding carboxylic acids is 1. The van der Waals surface area contributed by atoms with Crippen LogP contribution in [0, 0.1) is 5.82 Å². The minimum atomic E-state index is -0.562. The van der Waals surface area contributed by atoms with Gasteiger partial charge in [-0.2, -0.15) is 0 Å². The van der Waals surface area contributed by atoms with Crippen molar-refractivity contribution in [3.8, 4) is 11.5 Å². The summed E-state index contributed by atoms with van der Waals surface area (Å²) in [5, 5.41) is 21.0. The second-order valence-corrected chi connectivity index (χ2v) is 4.58. The van der Waals surface area contributed by atoms with E-state index in [0.29, 0.717) is 11.3 Å². The minimum absolute atomic E-state index is 0.00281. The third kappa shape index (κ3) is 3.39. The van der Waals surface area contributed by atoms with Crippen LogP contribution in [-0.4, -0.2) is 16.1 Å². The normalized spacial score (nSPS) is 10.3. The first-order chi connectivity index (χ1) is 9.45. The lowest BCUT2D eigenvalue weighted by atomic mass is 10.1. The fraction of sp³-hybridized carbons (Fsp3) is 0.0714. The second kappa shape index (κ2) is 5.79. The van der Waals surface area contributed by atoms with Crippen molar-refractivity contribution < 1.29 is 19.4 Å². The van der Waals surface area contributed by atoms with E-state index in [1.165, 1.54) is 30.3 Å². The summed E-state index contributed by atoms with van der Waals surface area (Å²) in [6.45, 7) is 0. The molecule has 0 aromatic heterocycles. The number of hydrogen-bond donors (Lipinski definition) is 3. The molecule has 2 aromatic carbocycles. The van der Waals surface area contributed by atoms with E-state index in [4.69, 9.17) is 16.7 Å². The standard InChI is InChI=1S/C14H11ClFNO3/c15-10-7-9(2-3-11(10)16)17-14(20)6-8-1-4-12(18)13(19)5-8/h1-5,7,18-19H,6H2,(H,17,20). The molecule has 0 aliphatic heterocycles. The van der Waals surface area contributed by atoms with Crippen molar-refractivity contribution >= 4 is 23.2 Å². The summed E-state index contributed by atoms with van der Waals surface area (Å²) >= 11 is 5.61. The number of amides is 1. The molecule has 1 amide bonds. The lowest BCUT2D eigenvalue weighted by Gasteiger charge is -2.07. The molecule has 0 saturated heterocycles. The Labute approximate surface area is 119 Å². The number of aromatic hydroxyl groups is 2. The fourth-order valence-corrected chi connectivity index (χ4v) is 1.82. The predicted molar refractivity (Wildman–Crippen MR) is 73.5 cm³/mol. The maximum atomic E-state index is 13.0. The lowest BCUT2D eigenvalue weighted by molar-refractivity contribution is -0.115. The van der Waals surface area contributed by atoms with Crippen LogP contribution in [0.25, 0.3) is 0 Å². The van der Waals surface area contributed by atoms with E-state index < -0.39 is 5.82 Å². The van der Waals surface area contributed by atoms with Crippen LogP contribution in [0.15, 0.2) is 36.4 Å². The van der Waals surface area contributed by atoms with Gasteiger partial charge in [0.05, 0.1) is 11.4 Å². The molecule has 20 heavy (non-hydrogen) atoms. The molecule has 2 rings (SSSR count). The van der Waals surface area contributed by atoms with Gasteiger partial charge < -0.3 is 15.5 Å². The number of hydrogen-bond acceptors (Lipinski definition) is 3. The van der Waals surface area contributed by atoms with Gasteiger partial charge in [-0.25, -0.2) is 4.39 Å². The van der Waals surface area contributed by atoms with E-state index in [1.807, 2.05) is 0 Å². The molecular formula is C14H11ClFNO3. The van der Waals surface area contributed by atoms with Gasteiger partial charge in [0.2, 0.25) is 5.91 Å². The van der Waals surface area contributed by atoms with Crippen molar-refractivity contribution in [2.24, 2.45) is 0 Å². The quantitative estimate of drug-likeness (QED) is 0.762. The van der Waals surface area contributed by atoms with Gasteiger partial charge in [0.15, 0.2) is 11.5 Å². The molecule has 0 saturated carbocycles. The highest BCUT2D eigenvalue weighted by Gasteiger charge is 2.08. The highest BCUT2D eigenvalue weighted by Crippen LogP contribution is 2.25. The Hall–Kier alpha value is -2.27. The largest absolute Gasteiger partial charge is 0.504 e. The summed E-state index contributed by atoms with van der Waals surface area (Å²) < 4.78 is 13.0. The zero-order valence-corrected chi connectivity index (χ0v) is 11.0. The summed E-state index contributed by atoms with van der Waals surface area (Å²) in [6, 6.07) is 7.98. The van der Waals surface area contributed by atoms with Gasteiger partial charge in [0.25, 0.3) is 0 Å². The molecule has 0 heterocycles. The Kier molecular flexibility index (Phi) is 4.10. The molecule has 0 aliphatic carbocycles.